The monoisotopic (exact) mass is 225 g/mol. The SMILES string of the molecule is CCC(CCl)NC(=O)c1ccccc1C. The number of rotatable bonds is 4. The van der Waals surface area contributed by atoms with Gasteiger partial charge in [0.2, 0.25) is 0 Å². The van der Waals surface area contributed by atoms with E-state index < -0.39 is 0 Å². The fourth-order valence-corrected chi connectivity index (χ4v) is 1.64. The molecule has 1 aromatic rings. The number of amides is 1. The van der Waals surface area contributed by atoms with Gasteiger partial charge in [-0.15, -0.1) is 11.6 Å². The van der Waals surface area contributed by atoms with Crippen molar-refractivity contribution in [2.45, 2.75) is 26.3 Å². The molecule has 0 radical (unpaired) electrons. The quantitative estimate of drug-likeness (QED) is 0.785. The van der Waals surface area contributed by atoms with Gasteiger partial charge in [0, 0.05) is 17.5 Å². The molecule has 1 rings (SSSR count). The van der Waals surface area contributed by atoms with Crippen LogP contribution in [0.1, 0.15) is 29.3 Å². The second kappa shape index (κ2) is 5.76. The largest absolute Gasteiger partial charge is 0.348 e. The second-order valence-electron chi connectivity index (χ2n) is 3.55. The highest BCUT2D eigenvalue weighted by Gasteiger charge is 2.12. The van der Waals surface area contributed by atoms with Crippen molar-refractivity contribution in [2.24, 2.45) is 0 Å². The Labute approximate surface area is 95.6 Å². The summed E-state index contributed by atoms with van der Waals surface area (Å²) in [5, 5.41) is 2.90. The molecule has 82 valence electrons. The molecular weight excluding hydrogens is 210 g/mol. The molecule has 0 aliphatic heterocycles. The molecule has 3 heteroatoms. The van der Waals surface area contributed by atoms with Crippen LogP contribution in [0.15, 0.2) is 24.3 Å². The first kappa shape index (κ1) is 12.1. The van der Waals surface area contributed by atoms with Crippen molar-refractivity contribution in [3.05, 3.63) is 35.4 Å². The van der Waals surface area contributed by atoms with Gasteiger partial charge in [0.25, 0.3) is 5.91 Å². The van der Waals surface area contributed by atoms with Crippen LogP contribution < -0.4 is 5.32 Å². The maximum absolute atomic E-state index is 11.8. The summed E-state index contributed by atoms with van der Waals surface area (Å²) in [4.78, 5) is 11.8. The summed E-state index contributed by atoms with van der Waals surface area (Å²) < 4.78 is 0. The number of carbonyl (C=O) groups excluding carboxylic acids is 1. The molecule has 1 atom stereocenters. The predicted molar refractivity (Wildman–Crippen MR) is 63.4 cm³/mol. The van der Waals surface area contributed by atoms with Crippen molar-refractivity contribution >= 4 is 17.5 Å². The zero-order chi connectivity index (χ0) is 11.3. The van der Waals surface area contributed by atoms with E-state index in [0.29, 0.717) is 5.88 Å². The van der Waals surface area contributed by atoms with Gasteiger partial charge in [-0.3, -0.25) is 4.79 Å². The van der Waals surface area contributed by atoms with E-state index in [4.69, 9.17) is 11.6 Å². The lowest BCUT2D eigenvalue weighted by Crippen LogP contribution is -2.35. The Bertz CT molecular complexity index is 334. The van der Waals surface area contributed by atoms with E-state index in [0.717, 1.165) is 17.5 Å². The summed E-state index contributed by atoms with van der Waals surface area (Å²) in [7, 11) is 0. The summed E-state index contributed by atoms with van der Waals surface area (Å²) >= 11 is 5.72. The van der Waals surface area contributed by atoms with Gasteiger partial charge in [-0.25, -0.2) is 0 Å². The Kier molecular flexibility index (Phi) is 4.63. The number of halogens is 1. The van der Waals surface area contributed by atoms with Gasteiger partial charge < -0.3 is 5.32 Å². The minimum absolute atomic E-state index is 0.0411. The third-order valence-electron chi connectivity index (χ3n) is 2.40. The van der Waals surface area contributed by atoms with E-state index in [1.807, 2.05) is 38.1 Å². The highest BCUT2D eigenvalue weighted by atomic mass is 35.5. The van der Waals surface area contributed by atoms with E-state index in [1.165, 1.54) is 0 Å². The van der Waals surface area contributed by atoms with Crippen LogP contribution in [0.4, 0.5) is 0 Å². The lowest BCUT2D eigenvalue weighted by atomic mass is 10.1. The molecule has 0 fully saturated rings. The van der Waals surface area contributed by atoms with Gasteiger partial charge in [-0.05, 0) is 25.0 Å². The highest BCUT2D eigenvalue weighted by molar-refractivity contribution is 6.18. The van der Waals surface area contributed by atoms with Gasteiger partial charge in [-0.1, -0.05) is 25.1 Å². The van der Waals surface area contributed by atoms with Crippen molar-refractivity contribution in [2.75, 3.05) is 5.88 Å². The molecule has 0 aliphatic carbocycles. The fraction of sp³-hybridized carbons (Fsp3) is 0.417. The van der Waals surface area contributed by atoms with Gasteiger partial charge in [0.05, 0.1) is 0 Å². The molecule has 0 heterocycles. The van der Waals surface area contributed by atoms with Gasteiger partial charge >= 0.3 is 0 Å². The van der Waals surface area contributed by atoms with Crippen LogP contribution in [-0.2, 0) is 0 Å². The minimum atomic E-state index is -0.0411. The molecule has 0 saturated heterocycles. The Morgan fingerprint density at radius 3 is 2.67 bits per heavy atom. The number of aryl methyl sites for hydroxylation is 1. The van der Waals surface area contributed by atoms with Gasteiger partial charge in [0.1, 0.15) is 0 Å². The zero-order valence-corrected chi connectivity index (χ0v) is 9.84. The normalized spacial score (nSPS) is 12.2. The maximum atomic E-state index is 11.8. The van der Waals surface area contributed by atoms with Gasteiger partial charge in [0.15, 0.2) is 0 Å². The molecule has 0 aliphatic rings. The Morgan fingerprint density at radius 2 is 2.13 bits per heavy atom. The predicted octanol–water partition coefficient (Wildman–Crippen LogP) is 2.74. The number of hydrogen-bond acceptors (Lipinski definition) is 1. The van der Waals surface area contributed by atoms with Crippen molar-refractivity contribution in [1.29, 1.82) is 0 Å². The summed E-state index contributed by atoms with van der Waals surface area (Å²) in [5.41, 5.74) is 1.71. The first-order valence-corrected chi connectivity index (χ1v) is 5.65. The lowest BCUT2D eigenvalue weighted by molar-refractivity contribution is 0.0939. The van der Waals surface area contributed by atoms with E-state index in [9.17, 15) is 4.79 Å². The minimum Gasteiger partial charge on any atom is -0.348 e. The van der Waals surface area contributed by atoms with Gasteiger partial charge in [-0.2, -0.15) is 0 Å². The summed E-state index contributed by atoms with van der Waals surface area (Å²) in [6, 6.07) is 7.59. The number of alkyl halides is 1. The van der Waals surface area contributed by atoms with E-state index in [1.54, 1.807) is 0 Å². The van der Waals surface area contributed by atoms with Crippen LogP contribution in [0, 0.1) is 6.92 Å². The van der Waals surface area contributed by atoms with Crippen LogP contribution in [0.3, 0.4) is 0 Å². The van der Waals surface area contributed by atoms with E-state index in [2.05, 4.69) is 5.32 Å². The third kappa shape index (κ3) is 3.24. The molecule has 0 aromatic heterocycles. The average Bonchev–Trinajstić information content (AvgIpc) is 2.26. The molecular formula is C12H16ClNO. The number of benzene rings is 1. The molecule has 15 heavy (non-hydrogen) atoms. The molecule has 1 unspecified atom stereocenters. The van der Waals surface area contributed by atoms with Crippen LogP contribution in [0.5, 0.6) is 0 Å². The summed E-state index contributed by atoms with van der Waals surface area (Å²) in [6.45, 7) is 3.93. The number of nitrogens with one attached hydrogen (secondary N) is 1. The standard InChI is InChI=1S/C12H16ClNO/c1-3-10(8-13)14-12(15)11-7-5-4-6-9(11)2/h4-7,10H,3,8H2,1-2H3,(H,14,15). The average molecular weight is 226 g/mol. The van der Waals surface area contributed by atoms with Crippen molar-refractivity contribution in [3.8, 4) is 0 Å². The smallest absolute Gasteiger partial charge is 0.251 e. The van der Waals surface area contributed by atoms with E-state index >= 15 is 0 Å². The topological polar surface area (TPSA) is 29.1 Å². The Balaban J connectivity index is 2.73. The molecule has 0 spiro atoms. The summed E-state index contributed by atoms with van der Waals surface area (Å²) in [5.74, 6) is 0.411. The van der Waals surface area contributed by atoms with Crippen LogP contribution in [-0.4, -0.2) is 17.8 Å². The molecule has 1 aromatic carbocycles. The highest BCUT2D eigenvalue weighted by Crippen LogP contribution is 2.07. The number of carbonyl (C=O) groups is 1. The van der Waals surface area contributed by atoms with Crippen molar-refractivity contribution in [1.82, 2.24) is 5.32 Å². The molecule has 2 nitrogen and oxygen atoms in total. The molecule has 1 N–H and O–H groups in total. The van der Waals surface area contributed by atoms with E-state index in [-0.39, 0.29) is 11.9 Å². The summed E-state index contributed by atoms with van der Waals surface area (Å²) in [6.07, 6.45) is 0.848. The van der Waals surface area contributed by atoms with Crippen LogP contribution in [0.2, 0.25) is 0 Å². The molecule has 0 saturated carbocycles. The first-order valence-electron chi connectivity index (χ1n) is 5.11. The second-order valence-corrected chi connectivity index (χ2v) is 3.86. The lowest BCUT2D eigenvalue weighted by Gasteiger charge is -2.14. The first-order chi connectivity index (χ1) is 7.19. The fourth-order valence-electron chi connectivity index (χ4n) is 1.34. The molecule has 0 bridgehead atoms. The van der Waals surface area contributed by atoms with Crippen molar-refractivity contribution in [3.63, 3.8) is 0 Å². The Morgan fingerprint density at radius 1 is 1.47 bits per heavy atom. The van der Waals surface area contributed by atoms with Crippen LogP contribution in [0.25, 0.3) is 0 Å². The number of hydrogen-bond donors (Lipinski definition) is 1. The molecule has 1 amide bonds. The maximum Gasteiger partial charge on any atom is 0.251 e. The van der Waals surface area contributed by atoms with Crippen LogP contribution >= 0.6 is 11.6 Å². The Hall–Kier alpha value is -1.02. The zero-order valence-electron chi connectivity index (χ0n) is 9.09. The van der Waals surface area contributed by atoms with Crippen molar-refractivity contribution < 1.29 is 4.79 Å². The third-order valence-corrected chi connectivity index (χ3v) is 2.78.